The molecule has 0 spiro atoms. The van der Waals surface area contributed by atoms with E-state index < -0.39 is 0 Å². The lowest BCUT2D eigenvalue weighted by molar-refractivity contribution is 0.626. The van der Waals surface area contributed by atoms with E-state index in [1.807, 2.05) is 24.3 Å². The predicted octanol–water partition coefficient (Wildman–Crippen LogP) is 4.50. The van der Waals surface area contributed by atoms with Crippen molar-refractivity contribution in [2.75, 3.05) is 0 Å². The quantitative estimate of drug-likeness (QED) is 0.880. The van der Waals surface area contributed by atoms with Crippen LogP contribution in [0.5, 0.6) is 0 Å². The highest BCUT2D eigenvalue weighted by Gasteiger charge is 2.09. The average Bonchev–Trinajstić information content (AvgIpc) is 2.38. The maximum Gasteiger partial charge on any atom is 0.124 e. The molecule has 0 aromatic heterocycles. The first-order valence-corrected chi connectivity index (χ1v) is 6.20. The molecular weight excluding hydrogens is 261 g/mol. The van der Waals surface area contributed by atoms with Gasteiger partial charge in [-0.25, -0.2) is 4.39 Å². The number of halogens is 2. The highest BCUT2D eigenvalue weighted by Crippen LogP contribution is 2.30. The third kappa shape index (κ3) is 3.55. The summed E-state index contributed by atoms with van der Waals surface area (Å²) in [7, 11) is 0. The zero-order valence-corrected chi connectivity index (χ0v) is 12.0. The lowest BCUT2D eigenvalue weighted by Crippen LogP contribution is -1.98. The largest absolute Gasteiger partial charge is 0.326 e. The Morgan fingerprint density at radius 3 is 2.42 bits per heavy atom. The zero-order valence-electron chi connectivity index (χ0n) is 11.2. The molecule has 0 fully saturated rings. The van der Waals surface area contributed by atoms with E-state index in [0.717, 1.165) is 16.7 Å². The van der Waals surface area contributed by atoms with Crippen molar-refractivity contribution in [2.24, 2.45) is 5.73 Å². The lowest BCUT2D eigenvalue weighted by atomic mass is 9.92. The van der Waals surface area contributed by atoms with Crippen LogP contribution in [0.25, 0.3) is 11.1 Å². The fraction of sp³-hybridized carbons (Fsp3) is 0.250. The first-order valence-electron chi connectivity index (χ1n) is 6.20. The molecule has 2 aromatic carbocycles. The molecule has 2 rings (SSSR count). The van der Waals surface area contributed by atoms with Crippen molar-refractivity contribution in [1.29, 1.82) is 0 Å². The summed E-state index contributed by atoms with van der Waals surface area (Å²) in [5.74, 6) is 0.178. The van der Waals surface area contributed by atoms with Gasteiger partial charge in [-0.1, -0.05) is 38.1 Å². The van der Waals surface area contributed by atoms with Gasteiger partial charge in [0.05, 0.1) is 0 Å². The van der Waals surface area contributed by atoms with E-state index in [2.05, 4.69) is 19.9 Å². The Hall–Kier alpha value is -1.38. The number of benzene rings is 2. The first-order chi connectivity index (χ1) is 8.61. The summed E-state index contributed by atoms with van der Waals surface area (Å²) >= 11 is 0. The van der Waals surface area contributed by atoms with Crippen molar-refractivity contribution < 1.29 is 4.39 Å². The Kier molecular flexibility index (Phi) is 5.52. The SMILES string of the molecule is CC(C)c1ccccc1-c1cc(F)cc(CN)c1.Cl. The minimum atomic E-state index is -0.230. The van der Waals surface area contributed by atoms with Crippen LogP contribution in [0.1, 0.15) is 30.9 Å². The molecule has 1 nitrogen and oxygen atoms in total. The van der Waals surface area contributed by atoms with E-state index in [4.69, 9.17) is 5.73 Å². The van der Waals surface area contributed by atoms with Crippen molar-refractivity contribution >= 4 is 12.4 Å². The summed E-state index contributed by atoms with van der Waals surface area (Å²) in [6.45, 7) is 4.64. The second kappa shape index (κ2) is 6.69. The third-order valence-corrected chi connectivity index (χ3v) is 3.09. The molecule has 0 aliphatic heterocycles. The van der Waals surface area contributed by atoms with Crippen LogP contribution in [0.3, 0.4) is 0 Å². The minimum Gasteiger partial charge on any atom is -0.326 e. The Bertz CT molecular complexity index is 552. The van der Waals surface area contributed by atoms with Crippen LogP contribution in [-0.4, -0.2) is 0 Å². The molecule has 0 aliphatic rings. The fourth-order valence-corrected chi connectivity index (χ4v) is 2.19. The number of nitrogens with two attached hydrogens (primary N) is 1. The van der Waals surface area contributed by atoms with E-state index in [1.54, 1.807) is 6.07 Å². The highest BCUT2D eigenvalue weighted by molar-refractivity contribution is 5.85. The Balaban J connectivity index is 0.00000180. The van der Waals surface area contributed by atoms with E-state index >= 15 is 0 Å². The molecule has 0 aliphatic carbocycles. The highest BCUT2D eigenvalue weighted by atomic mass is 35.5. The average molecular weight is 280 g/mol. The second-order valence-corrected chi connectivity index (χ2v) is 4.79. The molecule has 0 unspecified atom stereocenters. The van der Waals surface area contributed by atoms with Crippen LogP contribution in [0.2, 0.25) is 0 Å². The second-order valence-electron chi connectivity index (χ2n) is 4.79. The molecule has 0 saturated carbocycles. The van der Waals surface area contributed by atoms with Gasteiger partial charge in [0.25, 0.3) is 0 Å². The first kappa shape index (κ1) is 15.7. The Labute approximate surface area is 120 Å². The maximum atomic E-state index is 13.6. The number of hydrogen-bond acceptors (Lipinski definition) is 1. The van der Waals surface area contributed by atoms with Crippen LogP contribution in [-0.2, 0) is 6.54 Å². The van der Waals surface area contributed by atoms with Crippen LogP contribution >= 0.6 is 12.4 Å². The summed E-state index contributed by atoms with van der Waals surface area (Å²) < 4.78 is 13.6. The minimum absolute atomic E-state index is 0. The smallest absolute Gasteiger partial charge is 0.124 e. The van der Waals surface area contributed by atoms with Crippen LogP contribution < -0.4 is 5.73 Å². The van der Waals surface area contributed by atoms with Gasteiger partial charge in [-0.15, -0.1) is 12.4 Å². The van der Waals surface area contributed by atoms with E-state index in [-0.39, 0.29) is 18.2 Å². The topological polar surface area (TPSA) is 26.0 Å². The van der Waals surface area contributed by atoms with Gasteiger partial charge < -0.3 is 5.73 Å². The van der Waals surface area contributed by atoms with Crippen LogP contribution in [0.15, 0.2) is 42.5 Å². The van der Waals surface area contributed by atoms with E-state index in [0.29, 0.717) is 12.5 Å². The van der Waals surface area contributed by atoms with Crippen molar-refractivity contribution in [3.05, 3.63) is 59.4 Å². The molecule has 0 saturated heterocycles. The molecule has 0 bridgehead atoms. The summed E-state index contributed by atoms with van der Waals surface area (Å²) in [6, 6.07) is 13.1. The van der Waals surface area contributed by atoms with Crippen LogP contribution in [0.4, 0.5) is 4.39 Å². The van der Waals surface area contributed by atoms with Gasteiger partial charge in [-0.2, -0.15) is 0 Å². The fourth-order valence-electron chi connectivity index (χ4n) is 2.19. The molecule has 3 heteroatoms. The van der Waals surface area contributed by atoms with Gasteiger partial charge in [-0.05, 0) is 46.4 Å². The maximum absolute atomic E-state index is 13.6. The van der Waals surface area contributed by atoms with Gasteiger partial charge in [0.2, 0.25) is 0 Å². The summed E-state index contributed by atoms with van der Waals surface area (Å²) in [5.41, 5.74) is 9.63. The van der Waals surface area contributed by atoms with E-state index in [9.17, 15) is 4.39 Å². The molecule has 2 aromatic rings. The molecule has 2 N–H and O–H groups in total. The standard InChI is InChI=1S/C16H18FN.ClH/c1-11(2)15-5-3-4-6-16(15)13-7-12(10-18)8-14(17)9-13;/h3-9,11H,10,18H2,1-2H3;1H. The normalized spacial score (nSPS) is 10.4. The van der Waals surface area contributed by atoms with Gasteiger partial charge in [0, 0.05) is 6.54 Å². The van der Waals surface area contributed by atoms with Crippen LogP contribution in [0, 0.1) is 5.82 Å². The van der Waals surface area contributed by atoms with Gasteiger partial charge in [0.15, 0.2) is 0 Å². The lowest BCUT2D eigenvalue weighted by Gasteiger charge is -2.13. The van der Waals surface area contributed by atoms with Gasteiger partial charge in [0.1, 0.15) is 5.82 Å². The van der Waals surface area contributed by atoms with E-state index in [1.165, 1.54) is 11.6 Å². The molecule has 102 valence electrons. The van der Waals surface area contributed by atoms with Gasteiger partial charge in [-0.3, -0.25) is 0 Å². The molecule has 19 heavy (non-hydrogen) atoms. The van der Waals surface area contributed by atoms with Crippen molar-refractivity contribution in [2.45, 2.75) is 26.3 Å². The Morgan fingerprint density at radius 1 is 1.11 bits per heavy atom. The van der Waals surface area contributed by atoms with Crippen molar-refractivity contribution in [3.8, 4) is 11.1 Å². The zero-order chi connectivity index (χ0) is 13.1. The number of rotatable bonds is 3. The molecule has 0 heterocycles. The molecule has 0 amide bonds. The molecule has 0 radical (unpaired) electrons. The summed E-state index contributed by atoms with van der Waals surface area (Å²) in [4.78, 5) is 0. The third-order valence-electron chi connectivity index (χ3n) is 3.09. The van der Waals surface area contributed by atoms with Gasteiger partial charge >= 0.3 is 0 Å². The molecule has 0 atom stereocenters. The van der Waals surface area contributed by atoms with Crippen molar-refractivity contribution in [1.82, 2.24) is 0 Å². The Morgan fingerprint density at radius 2 is 1.79 bits per heavy atom. The summed E-state index contributed by atoms with van der Waals surface area (Å²) in [5, 5.41) is 0. The monoisotopic (exact) mass is 279 g/mol. The predicted molar refractivity (Wildman–Crippen MR) is 81.1 cm³/mol. The number of hydrogen-bond donors (Lipinski definition) is 1. The summed E-state index contributed by atoms with van der Waals surface area (Å²) in [6.07, 6.45) is 0. The van der Waals surface area contributed by atoms with Crippen molar-refractivity contribution in [3.63, 3.8) is 0 Å². The molecular formula is C16H19ClFN.